The largest absolute Gasteiger partial charge is 0.456 e. The quantitative estimate of drug-likeness (QED) is 0.577. The molecule has 0 aromatic rings. The van der Waals surface area contributed by atoms with Crippen molar-refractivity contribution in [1.29, 1.82) is 0 Å². The molecule has 1 heterocycles. The van der Waals surface area contributed by atoms with Gasteiger partial charge in [0.1, 0.15) is 11.7 Å². The number of hydrogen-bond donors (Lipinski definition) is 2. The molecular weight excluding hydrogens is 336 g/mol. The van der Waals surface area contributed by atoms with E-state index >= 15 is 0 Å². The third-order valence-electron chi connectivity index (χ3n) is 6.72. The lowest BCUT2D eigenvalue weighted by atomic mass is 9.52. The summed E-state index contributed by atoms with van der Waals surface area (Å²) >= 11 is 0. The van der Waals surface area contributed by atoms with E-state index < -0.39 is 34.8 Å². The molecule has 0 radical (unpaired) electrons. The summed E-state index contributed by atoms with van der Waals surface area (Å²) in [4.78, 5) is 24.1. The van der Waals surface area contributed by atoms with Gasteiger partial charge >= 0.3 is 11.9 Å². The topological polar surface area (TPSA) is 93.1 Å². The first-order chi connectivity index (χ1) is 11.9. The molecule has 5 atom stereocenters. The Bertz CT molecular complexity index is 718. The van der Waals surface area contributed by atoms with E-state index in [1.54, 1.807) is 33.8 Å². The van der Waals surface area contributed by atoms with Crippen LogP contribution < -0.4 is 0 Å². The number of aliphatic hydroxyl groups is 2. The lowest BCUT2D eigenvalue weighted by Gasteiger charge is -2.57. The molecule has 2 saturated carbocycles. The van der Waals surface area contributed by atoms with Gasteiger partial charge in [-0.25, -0.2) is 9.59 Å². The Morgan fingerprint density at radius 2 is 2.00 bits per heavy atom. The minimum Gasteiger partial charge on any atom is -0.456 e. The zero-order valence-electron chi connectivity index (χ0n) is 16.1. The van der Waals surface area contributed by atoms with Crippen LogP contribution in [0.4, 0.5) is 0 Å². The van der Waals surface area contributed by atoms with Crippen molar-refractivity contribution in [3.63, 3.8) is 0 Å². The van der Waals surface area contributed by atoms with Gasteiger partial charge in [0.2, 0.25) is 5.79 Å². The predicted octanol–water partition coefficient (Wildman–Crippen LogP) is 2.39. The number of hydrogen-bond acceptors (Lipinski definition) is 6. The van der Waals surface area contributed by atoms with Crippen molar-refractivity contribution in [2.45, 2.75) is 77.8 Å². The molecule has 0 bridgehead atoms. The number of carbonyl (C=O) groups is 2. The lowest BCUT2D eigenvalue weighted by Crippen LogP contribution is -2.62. The number of ether oxygens (including phenoxy) is 2. The summed E-state index contributed by atoms with van der Waals surface area (Å²) in [5, 5.41) is 22.2. The van der Waals surface area contributed by atoms with Gasteiger partial charge in [0.15, 0.2) is 0 Å². The molecule has 2 aliphatic carbocycles. The monoisotopic (exact) mass is 364 g/mol. The average Bonchev–Trinajstić information content (AvgIpc) is 2.76. The van der Waals surface area contributed by atoms with Crippen molar-refractivity contribution < 1.29 is 29.3 Å². The highest BCUT2D eigenvalue weighted by molar-refractivity contribution is 5.92. The van der Waals surface area contributed by atoms with Crippen LogP contribution in [0.15, 0.2) is 22.8 Å². The minimum atomic E-state index is -1.58. The summed E-state index contributed by atoms with van der Waals surface area (Å²) < 4.78 is 10.9. The first-order valence-corrected chi connectivity index (χ1v) is 9.17. The molecule has 3 aliphatic rings. The molecule has 0 spiro atoms. The van der Waals surface area contributed by atoms with Gasteiger partial charge in [-0.05, 0) is 52.4 Å². The molecular formula is C20H28O6. The van der Waals surface area contributed by atoms with Crippen LogP contribution in [0.3, 0.4) is 0 Å². The van der Waals surface area contributed by atoms with Gasteiger partial charge in [-0.2, -0.15) is 0 Å². The summed E-state index contributed by atoms with van der Waals surface area (Å²) in [6.07, 6.45) is 2.79. The zero-order chi connectivity index (χ0) is 19.5. The van der Waals surface area contributed by atoms with E-state index in [2.05, 4.69) is 0 Å². The first-order valence-electron chi connectivity index (χ1n) is 9.17. The maximum Gasteiger partial charge on any atom is 0.336 e. The van der Waals surface area contributed by atoms with Gasteiger partial charge in [0.25, 0.3) is 0 Å². The Kier molecular flexibility index (Phi) is 4.36. The summed E-state index contributed by atoms with van der Waals surface area (Å²) in [6, 6.07) is 0. The smallest absolute Gasteiger partial charge is 0.336 e. The number of allylic oxidation sites excluding steroid dienone is 1. The van der Waals surface area contributed by atoms with E-state index in [0.29, 0.717) is 36.0 Å². The van der Waals surface area contributed by atoms with E-state index in [1.807, 2.05) is 6.92 Å². The summed E-state index contributed by atoms with van der Waals surface area (Å²) in [5.41, 5.74) is -0.237. The standard InChI is InChI=1S/C20H28O6/c1-6-11(2)16(21)25-15-7-8-18(4)10-20(24)13(12(3)17(22)26-20)9-14(18)19(15,5)23/h6,14-15,23-24H,7-10H2,1-5H3/b11-6-/t14-,15+,18-,19+,20+/m1/s1. The van der Waals surface area contributed by atoms with Crippen molar-refractivity contribution in [3.8, 4) is 0 Å². The predicted molar refractivity (Wildman–Crippen MR) is 93.7 cm³/mol. The third-order valence-corrected chi connectivity index (χ3v) is 6.72. The molecule has 6 nitrogen and oxygen atoms in total. The zero-order valence-corrected chi connectivity index (χ0v) is 16.1. The van der Waals surface area contributed by atoms with E-state index in [9.17, 15) is 19.8 Å². The van der Waals surface area contributed by atoms with Crippen LogP contribution in [-0.2, 0) is 19.1 Å². The SMILES string of the molecule is C/C=C(/C)C(=O)O[C@H]1CC[C@]2(C)C[C@]3(O)OC(=O)C(C)=C3C[C@H]2[C@]1(C)O. The van der Waals surface area contributed by atoms with Crippen molar-refractivity contribution in [3.05, 3.63) is 22.8 Å². The number of esters is 2. The highest BCUT2D eigenvalue weighted by Gasteiger charge is 2.63. The van der Waals surface area contributed by atoms with Crippen LogP contribution in [0, 0.1) is 11.3 Å². The summed E-state index contributed by atoms with van der Waals surface area (Å²) in [6.45, 7) is 8.78. The fourth-order valence-corrected chi connectivity index (χ4v) is 4.95. The molecule has 0 aromatic carbocycles. The second-order valence-electron chi connectivity index (χ2n) is 8.50. The van der Waals surface area contributed by atoms with Gasteiger partial charge in [-0.3, -0.25) is 0 Å². The van der Waals surface area contributed by atoms with Gasteiger partial charge < -0.3 is 19.7 Å². The van der Waals surface area contributed by atoms with Crippen LogP contribution in [0.5, 0.6) is 0 Å². The Labute approximate surface area is 153 Å². The van der Waals surface area contributed by atoms with Gasteiger partial charge in [-0.1, -0.05) is 13.0 Å². The fraction of sp³-hybridized carbons (Fsp3) is 0.700. The molecule has 0 unspecified atom stereocenters. The van der Waals surface area contributed by atoms with Gasteiger partial charge in [-0.15, -0.1) is 0 Å². The number of carbonyl (C=O) groups excluding carboxylic acids is 2. The molecule has 0 amide bonds. The van der Waals surface area contributed by atoms with Crippen molar-refractivity contribution in [2.24, 2.45) is 11.3 Å². The van der Waals surface area contributed by atoms with Crippen LogP contribution in [0.2, 0.25) is 0 Å². The Balaban J connectivity index is 1.92. The van der Waals surface area contributed by atoms with E-state index in [0.717, 1.165) is 0 Å². The maximum atomic E-state index is 12.2. The van der Waals surface area contributed by atoms with Gasteiger partial charge in [0, 0.05) is 29.1 Å². The molecule has 6 heteroatoms. The fourth-order valence-electron chi connectivity index (χ4n) is 4.95. The number of rotatable bonds is 2. The maximum absolute atomic E-state index is 12.2. The minimum absolute atomic E-state index is 0.244. The first kappa shape index (κ1) is 19.1. The highest BCUT2D eigenvalue weighted by Crippen LogP contribution is 2.60. The molecule has 2 fully saturated rings. The molecule has 1 aliphatic heterocycles. The van der Waals surface area contributed by atoms with Crippen LogP contribution in [0.25, 0.3) is 0 Å². The second-order valence-corrected chi connectivity index (χ2v) is 8.50. The van der Waals surface area contributed by atoms with Crippen LogP contribution >= 0.6 is 0 Å². The van der Waals surface area contributed by atoms with Crippen LogP contribution in [-0.4, -0.2) is 39.6 Å². The summed E-state index contributed by atoms with van der Waals surface area (Å²) in [5.74, 6) is -2.76. The van der Waals surface area contributed by atoms with Crippen molar-refractivity contribution in [2.75, 3.05) is 0 Å². The third kappa shape index (κ3) is 2.70. The lowest BCUT2D eigenvalue weighted by molar-refractivity contribution is -0.239. The Morgan fingerprint density at radius 3 is 2.62 bits per heavy atom. The van der Waals surface area contributed by atoms with E-state index in [1.165, 1.54) is 0 Å². The Hall–Kier alpha value is -1.66. The van der Waals surface area contributed by atoms with E-state index in [4.69, 9.17) is 9.47 Å². The molecule has 0 saturated heterocycles. The van der Waals surface area contributed by atoms with E-state index in [-0.39, 0.29) is 12.3 Å². The van der Waals surface area contributed by atoms with Crippen molar-refractivity contribution in [1.82, 2.24) is 0 Å². The molecule has 2 N–H and O–H groups in total. The summed E-state index contributed by atoms with van der Waals surface area (Å²) in [7, 11) is 0. The average molecular weight is 364 g/mol. The molecule has 26 heavy (non-hydrogen) atoms. The highest BCUT2D eigenvalue weighted by atomic mass is 16.7. The molecule has 0 aromatic heterocycles. The van der Waals surface area contributed by atoms with Gasteiger partial charge in [0.05, 0.1) is 0 Å². The van der Waals surface area contributed by atoms with Crippen LogP contribution in [0.1, 0.15) is 60.3 Å². The molecule has 144 valence electrons. The Morgan fingerprint density at radius 1 is 1.35 bits per heavy atom. The second kappa shape index (κ2) is 5.92. The van der Waals surface area contributed by atoms with Crippen molar-refractivity contribution >= 4 is 11.9 Å². The number of fused-ring (bicyclic) bond motifs is 2. The molecule has 3 rings (SSSR count). The normalized spacial score (nSPS) is 42.9.